The summed E-state index contributed by atoms with van der Waals surface area (Å²) in [5, 5.41) is 3.27. The van der Waals surface area contributed by atoms with E-state index >= 15 is 0 Å². The molecule has 0 aromatic heterocycles. The Morgan fingerprint density at radius 3 is 2.61 bits per heavy atom. The second-order valence-corrected chi connectivity index (χ2v) is 5.91. The number of ether oxygens (including phenoxy) is 1. The summed E-state index contributed by atoms with van der Waals surface area (Å²) in [6.45, 7) is 11.4. The predicted octanol–water partition coefficient (Wildman–Crippen LogP) is 1.85. The number of hydrogen-bond donors (Lipinski definition) is 1. The van der Waals surface area contributed by atoms with Crippen LogP contribution in [0.3, 0.4) is 0 Å². The summed E-state index contributed by atoms with van der Waals surface area (Å²) in [7, 11) is 0. The van der Waals surface area contributed by atoms with Crippen molar-refractivity contribution in [3.8, 4) is 0 Å². The minimum absolute atomic E-state index is 0.200. The molecule has 18 heavy (non-hydrogen) atoms. The molecule has 1 fully saturated rings. The van der Waals surface area contributed by atoms with Crippen molar-refractivity contribution in [3.05, 3.63) is 0 Å². The van der Waals surface area contributed by atoms with Crippen LogP contribution in [0.1, 0.15) is 40.5 Å². The van der Waals surface area contributed by atoms with E-state index in [1.54, 1.807) is 0 Å². The van der Waals surface area contributed by atoms with Crippen molar-refractivity contribution < 1.29 is 9.53 Å². The number of hydrogen-bond acceptors (Lipinski definition) is 3. The summed E-state index contributed by atoms with van der Waals surface area (Å²) in [5.41, 5.74) is 0. The van der Waals surface area contributed by atoms with Gasteiger partial charge >= 0.3 is 0 Å². The summed E-state index contributed by atoms with van der Waals surface area (Å²) in [6, 6.07) is 0. The molecule has 1 saturated heterocycles. The maximum Gasteiger partial charge on any atom is 0.237 e. The molecule has 1 unspecified atom stereocenters. The normalized spacial score (nSPS) is 20.4. The van der Waals surface area contributed by atoms with Gasteiger partial charge in [-0.15, -0.1) is 0 Å². The van der Waals surface area contributed by atoms with E-state index in [4.69, 9.17) is 4.74 Å². The predicted molar refractivity (Wildman–Crippen MR) is 73.2 cm³/mol. The Kier molecular flexibility index (Phi) is 6.65. The Bertz CT molecular complexity index is 254. The smallest absolute Gasteiger partial charge is 0.237 e. The highest BCUT2D eigenvalue weighted by molar-refractivity contribution is 5.80. The molecule has 1 atom stereocenters. The quantitative estimate of drug-likeness (QED) is 0.674. The zero-order chi connectivity index (χ0) is 13.5. The monoisotopic (exact) mass is 256 g/mol. The second kappa shape index (κ2) is 7.74. The van der Waals surface area contributed by atoms with Gasteiger partial charge in [0.2, 0.25) is 5.91 Å². The highest BCUT2D eigenvalue weighted by Crippen LogP contribution is 2.13. The third-order valence-electron chi connectivity index (χ3n) is 3.20. The van der Waals surface area contributed by atoms with Gasteiger partial charge in [-0.3, -0.25) is 10.1 Å². The van der Waals surface area contributed by atoms with Crippen molar-refractivity contribution in [2.24, 2.45) is 11.8 Å². The zero-order valence-corrected chi connectivity index (χ0v) is 12.2. The van der Waals surface area contributed by atoms with Gasteiger partial charge in [0.05, 0.1) is 19.3 Å². The summed E-state index contributed by atoms with van der Waals surface area (Å²) in [4.78, 5) is 13.7. The van der Waals surface area contributed by atoms with E-state index in [-0.39, 0.29) is 12.1 Å². The Labute approximate surface area is 111 Å². The fourth-order valence-corrected chi connectivity index (χ4v) is 2.11. The molecule has 0 aromatic rings. The molecule has 1 N–H and O–H groups in total. The first-order valence-corrected chi connectivity index (χ1v) is 7.11. The van der Waals surface area contributed by atoms with E-state index in [1.165, 1.54) is 0 Å². The number of nitrogens with one attached hydrogen (secondary N) is 1. The lowest BCUT2D eigenvalue weighted by atomic mass is 10.1. The SMILES string of the molecule is CC(C)CCOCCN1C(=O)CNC1CC(C)C. The molecule has 1 aliphatic rings. The van der Waals surface area contributed by atoms with E-state index in [0.717, 1.165) is 19.4 Å². The average molecular weight is 256 g/mol. The van der Waals surface area contributed by atoms with Crippen molar-refractivity contribution in [2.45, 2.75) is 46.7 Å². The lowest BCUT2D eigenvalue weighted by Gasteiger charge is -2.25. The molecule has 0 spiro atoms. The van der Waals surface area contributed by atoms with Crippen molar-refractivity contribution >= 4 is 5.91 Å². The number of carbonyl (C=O) groups is 1. The molecule has 1 amide bonds. The lowest BCUT2D eigenvalue weighted by molar-refractivity contribution is -0.128. The van der Waals surface area contributed by atoms with Crippen LogP contribution in [-0.4, -0.2) is 43.3 Å². The lowest BCUT2D eigenvalue weighted by Crippen LogP contribution is -2.40. The first kappa shape index (κ1) is 15.4. The van der Waals surface area contributed by atoms with Gasteiger partial charge < -0.3 is 9.64 Å². The van der Waals surface area contributed by atoms with Crippen molar-refractivity contribution in [1.29, 1.82) is 0 Å². The van der Waals surface area contributed by atoms with E-state index in [9.17, 15) is 4.79 Å². The molecule has 106 valence electrons. The van der Waals surface area contributed by atoms with Crippen molar-refractivity contribution in [1.82, 2.24) is 10.2 Å². The first-order valence-electron chi connectivity index (χ1n) is 7.11. The molecule has 0 radical (unpaired) electrons. The summed E-state index contributed by atoms with van der Waals surface area (Å²) >= 11 is 0. The summed E-state index contributed by atoms with van der Waals surface area (Å²) < 4.78 is 5.59. The Morgan fingerprint density at radius 2 is 2.00 bits per heavy atom. The molecule has 4 heteroatoms. The van der Waals surface area contributed by atoms with Crippen molar-refractivity contribution in [3.63, 3.8) is 0 Å². The maximum atomic E-state index is 11.7. The van der Waals surface area contributed by atoms with Crippen molar-refractivity contribution in [2.75, 3.05) is 26.3 Å². The van der Waals surface area contributed by atoms with Crippen LogP contribution in [-0.2, 0) is 9.53 Å². The first-order chi connectivity index (χ1) is 8.50. The third kappa shape index (κ3) is 5.36. The van der Waals surface area contributed by atoms with Crippen LogP contribution in [0.2, 0.25) is 0 Å². The highest BCUT2D eigenvalue weighted by atomic mass is 16.5. The molecule has 0 aliphatic carbocycles. The maximum absolute atomic E-state index is 11.7. The van der Waals surface area contributed by atoms with E-state index in [2.05, 4.69) is 33.0 Å². The van der Waals surface area contributed by atoms with E-state index in [1.807, 2.05) is 4.90 Å². The number of nitrogens with zero attached hydrogens (tertiary/aromatic N) is 1. The fourth-order valence-electron chi connectivity index (χ4n) is 2.11. The van der Waals surface area contributed by atoms with Gasteiger partial charge in [-0.05, 0) is 24.7 Å². The van der Waals surface area contributed by atoms with Crippen LogP contribution in [0.5, 0.6) is 0 Å². The van der Waals surface area contributed by atoms with Gasteiger partial charge in [-0.2, -0.15) is 0 Å². The molecule has 0 aromatic carbocycles. The largest absolute Gasteiger partial charge is 0.380 e. The molecule has 1 rings (SSSR count). The molecular formula is C14H28N2O2. The van der Waals surface area contributed by atoms with Gasteiger partial charge in [0.25, 0.3) is 0 Å². The number of amides is 1. The Hall–Kier alpha value is -0.610. The van der Waals surface area contributed by atoms with E-state index in [0.29, 0.717) is 31.5 Å². The molecule has 1 aliphatic heterocycles. The fraction of sp³-hybridized carbons (Fsp3) is 0.929. The zero-order valence-electron chi connectivity index (χ0n) is 12.2. The minimum atomic E-state index is 0.200. The molecule has 0 saturated carbocycles. The second-order valence-electron chi connectivity index (χ2n) is 5.91. The Morgan fingerprint density at radius 1 is 1.28 bits per heavy atom. The van der Waals surface area contributed by atoms with Crippen LogP contribution in [0.25, 0.3) is 0 Å². The van der Waals surface area contributed by atoms with Crippen LogP contribution < -0.4 is 5.32 Å². The third-order valence-corrected chi connectivity index (χ3v) is 3.20. The number of rotatable bonds is 8. The minimum Gasteiger partial charge on any atom is -0.380 e. The van der Waals surface area contributed by atoms with Crippen LogP contribution in [0.15, 0.2) is 0 Å². The van der Waals surface area contributed by atoms with Gasteiger partial charge in [0.15, 0.2) is 0 Å². The molecule has 1 heterocycles. The molecular weight excluding hydrogens is 228 g/mol. The summed E-state index contributed by atoms with van der Waals surface area (Å²) in [6.07, 6.45) is 2.30. The van der Waals surface area contributed by atoms with Crippen LogP contribution in [0, 0.1) is 11.8 Å². The van der Waals surface area contributed by atoms with Gasteiger partial charge in [-0.25, -0.2) is 0 Å². The van der Waals surface area contributed by atoms with Gasteiger partial charge in [-0.1, -0.05) is 27.7 Å². The van der Waals surface area contributed by atoms with Crippen LogP contribution >= 0.6 is 0 Å². The summed E-state index contributed by atoms with van der Waals surface area (Å²) in [5.74, 6) is 1.47. The topological polar surface area (TPSA) is 41.6 Å². The highest BCUT2D eigenvalue weighted by Gasteiger charge is 2.30. The van der Waals surface area contributed by atoms with E-state index < -0.39 is 0 Å². The standard InChI is InChI=1S/C14H28N2O2/c1-11(2)5-7-18-8-6-16-13(9-12(3)4)15-10-14(16)17/h11-13,15H,5-10H2,1-4H3. The molecule has 4 nitrogen and oxygen atoms in total. The number of carbonyl (C=O) groups excluding carboxylic acids is 1. The van der Waals surface area contributed by atoms with Gasteiger partial charge in [0.1, 0.15) is 0 Å². The Balaban J connectivity index is 2.23. The van der Waals surface area contributed by atoms with Crippen LogP contribution in [0.4, 0.5) is 0 Å². The average Bonchev–Trinajstić information content (AvgIpc) is 2.59. The van der Waals surface area contributed by atoms with Gasteiger partial charge in [0, 0.05) is 13.2 Å². The molecule has 0 bridgehead atoms.